The number of nitrogens with one attached hydrogen (secondary N) is 1. The largest absolute Gasteiger partial charge is 0.493 e. The van der Waals surface area contributed by atoms with E-state index in [0.29, 0.717) is 34.6 Å². The van der Waals surface area contributed by atoms with Gasteiger partial charge in [-0.25, -0.2) is 0 Å². The fourth-order valence-corrected chi connectivity index (χ4v) is 3.45. The van der Waals surface area contributed by atoms with Crippen molar-refractivity contribution in [2.45, 2.75) is 19.7 Å². The van der Waals surface area contributed by atoms with Crippen LogP contribution in [0.3, 0.4) is 0 Å². The van der Waals surface area contributed by atoms with Gasteiger partial charge in [0.1, 0.15) is 6.61 Å². The molecule has 28 heavy (non-hydrogen) atoms. The summed E-state index contributed by atoms with van der Waals surface area (Å²) in [6.07, 6.45) is 0. The monoisotopic (exact) mass is 435 g/mol. The topological polar surface area (TPSA) is 30.5 Å². The average Bonchev–Trinajstić information content (AvgIpc) is 2.69. The van der Waals surface area contributed by atoms with Gasteiger partial charge in [0, 0.05) is 33.7 Å². The highest BCUT2D eigenvalue weighted by Crippen LogP contribution is 2.31. The number of ether oxygens (including phenoxy) is 2. The van der Waals surface area contributed by atoms with Gasteiger partial charge >= 0.3 is 0 Å². The van der Waals surface area contributed by atoms with Gasteiger partial charge in [0.05, 0.1) is 7.11 Å². The van der Waals surface area contributed by atoms with Crippen LogP contribution in [0.4, 0.5) is 0 Å². The highest BCUT2D eigenvalue weighted by molar-refractivity contribution is 6.36. The zero-order valence-corrected chi connectivity index (χ0v) is 17.6. The molecule has 0 saturated heterocycles. The van der Waals surface area contributed by atoms with Gasteiger partial charge in [0.15, 0.2) is 11.5 Å². The molecule has 0 spiro atoms. The summed E-state index contributed by atoms with van der Waals surface area (Å²) in [6.45, 7) is 1.63. The molecule has 0 fully saturated rings. The number of halogens is 3. The van der Waals surface area contributed by atoms with E-state index in [4.69, 9.17) is 44.3 Å². The number of hydrogen-bond donors (Lipinski definition) is 1. The molecular weight excluding hydrogens is 417 g/mol. The van der Waals surface area contributed by atoms with E-state index in [1.807, 2.05) is 42.5 Å². The highest BCUT2D eigenvalue weighted by atomic mass is 35.5. The SMILES string of the molecule is COc1cc(CNCc2ccccc2Cl)ccc1OCc1c(Cl)cccc1Cl. The molecule has 146 valence electrons. The van der Waals surface area contributed by atoms with Crippen LogP contribution in [0.2, 0.25) is 15.1 Å². The molecule has 3 nitrogen and oxygen atoms in total. The molecule has 1 N–H and O–H groups in total. The minimum Gasteiger partial charge on any atom is -0.493 e. The first kappa shape index (κ1) is 20.8. The van der Waals surface area contributed by atoms with Crippen molar-refractivity contribution in [3.8, 4) is 11.5 Å². The molecule has 0 amide bonds. The van der Waals surface area contributed by atoms with Gasteiger partial charge in [-0.2, -0.15) is 0 Å². The quantitative estimate of drug-likeness (QED) is 0.436. The summed E-state index contributed by atoms with van der Waals surface area (Å²) < 4.78 is 11.4. The second kappa shape index (κ2) is 10.0. The molecule has 3 aromatic carbocycles. The van der Waals surface area contributed by atoms with Crippen LogP contribution in [0.5, 0.6) is 11.5 Å². The fraction of sp³-hybridized carbons (Fsp3) is 0.182. The standard InChI is InChI=1S/C22H20Cl3NO2/c1-27-22-11-15(12-26-13-16-5-2-3-6-18(16)23)9-10-21(22)28-14-17-19(24)7-4-8-20(17)25/h2-11,26H,12-14H2,1H3. The number of benzene rings is 3. The van der Waals surface area contributed by atoms with Crippen molar-refractivity contribution in [1.29, 1.82) is 0 Å². The molecule has 0 unspecified atom stereocenters. The van der Waals surface area contributed by atoms with Crippen LogP contribution in [-0.2, 0) is 19.7 Å². The van der Waals surface area contributed by atoms with Crippen molar-refractivity contribution in [1.82, 2.24) is 5.32 Å². The zero-order valence-electron chi connectivity index (χ0n) is 15.3. The van der Waals surface area contributed by atoms with Crippen LogP contribution in [0.25, 0.3) is 0 Å². The first-order valence-corrected chi connectivity index (χ1v) is 9.88. The first-order chi connectivity index (χ1) is 13.6. The molecule has 0 atom stereocenters. The number of methoxy groups -OCH3 is 1. The lowest BCUT2D eigenvalue weighted by Crippen LogP contribution is -2.13. The molecule has 0 radical (unpaired) electrons. The molecule has 0 saturated carbocycles. The Morgan fingerprint density at radius 2 is 1.50 bits per heavy atom. The Hall–Kier alpha value is -1.91. The first-order valence-electron chi connectivity index (χ1n) is 8.75. The summed E-state index contributed by atoms with van der Waals surface area (Å²) in [5.41, 5.74) is 2.89. The summed E-state index contributed by atoms with van der Waals surface area (Å²) >= 11 is 18.6. The Morgan fingerprint density at radius 3 is 2.21 bits per heavy atom. The van der Waals surface area contributed by atoms with Gasteiger partial charge in [-0.05, 0) is 41.5 Å². The maximum Gasteiger partial charge on any atom is 0.161 e. The molecule has 3 rings (SSSR count). The molecule has 0 aliphatic rings. The van der Waals surface area contributed by atoms with Gasteiger partial charge in [0.25, 0.3) is 0 Å². The maximum absolute atomic E-state index is 6.20. The van der Waals surface area contributed by atoms with E-state index in [9.17, 15) is 0 Å². The third-order valence-electron chi connectivity index (χ3n) is 4.26. The van der Waals surface area contributed by atoms with E-state index in [0.717, 1.165) is 21.7 Å². The van der Waals surface area contributed by atoms with Crippen molar-refractivity contribution in [2.24, 2.45) is 0 Å². The lowest BCUT2D eigenvalue weighted by Gasteiger charge is -2.14. The van der Waals surface area contributed by atoms with Crippen LogP contribution in [0.15, 0.2) is 60.7 Å². The Labute approximate surface area is 180 Å². The number of rotatable bonds is 8. The fourth-order valence-electron chi connectivity index (χ4n) is 2.74. The minimum absolute atomic E-state index is 0.263. The second-order valence-electron chi connectivity index (χ2n) is 6.17. The van der Waals surface area contributed by atoms with Crippen LogP contribution in [-0.4, -0.2) is 7.11 Å². The molecule has 0 bridgehead atoms. The summed E-state index contributed by atoms with van der Waals surface area (Å²) in [5, 5.41) is 5.30. The van der Waals surface area contributed by atoms with E-state index in [-0.39, 0.29) is 6.61 Å². The Kier molecular flexibility index (Phi) is 7.46. The highest BCUT2D eigenvalue weighted by Gasteiger charge is 2.10. The smallest absolute Gasteiger partial charge is 0.161 e. The van der Waals surface area contributed by atoms with Crippen molar-refractivity contribution in [3.63, 3.8) is 0 Å². The summed E-state index contributed by atoms with van der Waals surface area (Å²) in [6, 6.07) is 19.0. The van der Waals surface area contributed by atoms with Crippen molar-refractivity contribution < 1.29 is 9.47 Å². The van der Waals surface area contributed by atoms with Crippen molar-refractivity contribution in [2.75, 3.05) is 7.11 Å². The third-order valence-corrected chi connectivity index (χ3v) is 5.34. The molecule has 6 heteroatoms. The van der Waals surface area contributed by atoms with Gasteiger partial charge in [-0.3, -0.25) is 0 Å². The molecule has 3 aromatic rings. The normalized spacial score (nSPS) is 10.7. The van der Waals surface area contributed by atoms with Gasteiger partial charge < -0.3 is 14.8 Å². The van der Waals surface area contributed by atoms with Crippen LogP contribution in [0, 0.1) is 0 Å². The Bertz CT molecular complexity index is 927. The predicted octanol–water partition coefficient (Wildman–Crippen LogP) is 6.52. The molecule has 0 aliphatic carbocycles. The summed E-state index contributed by atoms with van der Waals surface area (Å²) in [5.74, 6) is 1.29. The van der Waals surface area contributed by atoms with Gasteiger partial charge in [0.2, 0.25) is 0 Å². The van der Waals surface area contributed by atoms with Crippen LogP contribution >= 0.6 is 34.8 Å². The van der Waals surface area contributed by atoms with Gasteiger partial charge in [-0.15, -0.1) is 0 Å². The summed E-state index contributed by atoms with van der Waals surface area (Å²) in [4.78, 5) is 0. The predicted molar refractivity (Wildman–Crippen MR) is 116 cm³/mol. The summed E-state index contributed by atoms with van der Waals surface area (Å²) in [7, 11) is 1.62. The van der Waals surface area contributed by atoms with Crippen LogP contribution < -0.4 is 14.8 Å². The van der Waals surface area contributed by atoms with E-state index in [2.05, 4.69) is 5.32 Å². The molecule has 0 aromatic heterocycles. The van der Waals surface area contributed by atoms with E-state index < -0.39 is 0 Å². The lowest BCUT2D eigenvalue weighted by molar-refractivity contribution is 0.284. The van der Waals surface area contributed by atoms with E-state index in [1.54, 1.807) is 25.3 Å². The average molecular weight is 437 g/mol. The third kappa shape index (κ3) is 5.33. The molecule has 0 aliphatic heterocycles. The van der Waals surface area contributed by atoms with Crippen molar-refractivity contribution >= 4 is 34.8 Å². The second-order valence-corrected chi connectivity index (χ2v) is 7.39. The van der Waals surface area contributed by atoms with E-state index in [1.165, 1.54) is 0 Å². The maximum atomic E-state index is 6.20. The Morgan fingerprint density at radius 1 is 0.786 bits per heavy atom. The Balaban J connectivity index is 1.62. The van der Waals surface area contributed by atoms with Gasteiger partial charge in [-0.1, -0.05) is 65.1 Å². The molecular formula is C22H20Cl3NO2. The molecule has 0 heterocycles. The van der Waals surface area contributed by atoms with E-state index >= 15 is 0 Å². The van der Waals surface area contributed by atoms with Crippen LogP contribution in [0.1, 0.15) is 16.7 Å². The lowest BCUT2D eigenvalue weighted by atomic mass is 10.2. The van der Waals surface area contributed by atoms with Crippen molar-refractivity contribution in [3.05, 3.63) is 92.4 Å². The minimum atomic E-state index is 0.263. The zero-order chi connectivity index (χ0) is 19.9. The number of hydrogen-bond acceptors (Lipinski definition) is 3.